The molecule has 0 spiro atoms. The van der Waals surface area contributed by atoms with Gasteiger partial charge in [-0.25, -0.2) is 0 Å². The molecule has 0 amide bonds. The van der Waals surface area contributed by atoms with Crippen molar-refractivity contribution in [2.45, 2.75) is 6.92 Å². The molecule has 0 aliphatic heterocycles. The Morgan fingerprint density at radius 3 is 2.12 bits per heavy atom. The molecule has 0 aliphatic rings. The largest absolute Gasteiger partial charge is 0.481 e. The lowest BCUT2D eigenvalue weighted by molar-refractivity contribution is -0.134. The standard InChI is InChI=1S/C3H6S.C2H4O2/c1-2-3-4;1-2(3)4/h2,4H,1,3H2;1H3,(H,3,4). The molecular formula is C5H10O2S. The number of carboxylic acids is 1. The summed E-state index contributed by atoms with van der Waals surface area (Å²) in [6.07, 6.45) is 1.74. The van der Waals surface area contributed by atoms with Gasteiger partial charge < -0.3 is 5.11 Å². The van der Waals surface area contributed by atoms with Crippen LogP contribution in [0.2, 0.25) is 0 Å². The second-order valence-corrected chi connectivity index (χ2v) is 1.36. The summed E-state index contributed by atoms with van der Waals surface area (Å²) < 4.78 is 0. The summed E-state index contributed by atoms with van der Waals surface area (Å²) in [5, 5.41) is 7.42. The van der Waals surface area contributed by atoms with E-state index in [4.69, 9.17) is 9.90 Å². The average Bonchev–Trinajstić information content (AvgIpc) is 1.65. The monoisotopic (exact) mass is 134 g/mol. The lowest BCUT2D eigenvalue weighted by Gasteiger charge is -1.59. The molecule has 0 saturated heterocycles. The highest BCUT2D eigenvalue weighted by Crippen LogP contribution is 1.65. The number of rotatable bonds is 1. The lowest BCUT2D eigenvalue weighted by atomic mass is 10.8. The average molecular weight is 134 g/mol. The van der Waals surface area contributed by atoms with Crippen molar-refractivity contribution in [2.24, 2.45) is 0 Å². The first kappa shape index (κ1) is 10.5. The van der Waals surface area contributed by atoms with Crippen molar-refractivity contribution in [2.75, 3.05) is 5.75 Å². The minimum Gasteiger partial charge on any atom is -0.481 e. The van der Waals surface area contributed by atoms with Gasteiger partial charge in [-0.1, -0.05) is 6.08 Å². The molecule has 0 rings (SSSR count). The van der Waals surface area contributed by atoms with Crippen molar-refractivity contribution in [3.05, 3.63) is 12.7 Å². The van der Waals surface area contributed by atoms with Gasteiger partial charge in [-0.15, -0.1) is 6.58 Å². The van der Waals surface area contributed by atoms with Crippen LogP contribution in [0.4, 0.5) is 0 Å². The van der Waals surface area contributed by atoms with Crippen LogP contribution in [0.1, 0.15) is 6.92 Å². The Hall–Kier alpha value is -0.440. The molecule has 0 unspecified atom stereocenters. The van der Waals surface area contributed by atoms with Gasteiger partial charge in [0.2, 0.25) is 0 Å². The molecule has 0 aliphatic carbocycles. The van der Waals surface area contributed by atoms with Gasteiger partial charge in [-0.05, 0) is 0 Å². The van der Waals surface area contributed by atoms with Crippen LogP contribution < -0.4 is 0 Å². The Morgan fingerprint density at radius 2 is 2.12 bits per heavy atom. The van der Waals surface area contributed by atoms with Gasteiger partial charge in [0, 0.05) is 12.7 Å². The van der Waals surface area contributed by atoms with E-state index in [1.54, 1.807) is 6.08 Å². The first-order valence-corrected chi connectivity index (χ1v) is 2.69. The Bertz CT molecular complexity index is 66.8. The van der Waals surface area contributed by atoms with Crippen molar-refractivity contribution in [3.63, 3.8) is 0 Å². The minimum atomic E-state index is -0.833. The van der Waals surface area contributed by atoms with Crippen molar-refractivity contribution in [1.82, 2.24) is 0 Å². The van der Waals surface area contributed by atoms with Gasteiger partial charge in [-0.2, -0.15) is 12.6 Å². The van der Waals surface area contributed by atoms with E-state index in [-0.39, 0.29) is 0 Å². The molecule has 0 fully saturated rings. The molecule has 0 saturated carbocycles. The van der Waals surface area contributed by atoms with Crippen LogP contribution in [0.3, 0.4) is 0 Å². The number of carbonyl (C=O) groups is 1. The highest BCUT2D eigenvalue weighted by Gasteiger charge is 1.65. The smallest absolute Gasteiger partial charge is 0.300 e. The van der Waals surface area contributed by atoms with Crippen LogP contribution in [0.25, 0.3) is 0 Å². The van der Waals surface area contributed by atoms with Gasteiger partial charge in [-0.3, -0.25) is 4.79 Å². The maximum absolute atomic E-state index is 9.00. The first-order chi connectivity index (χ1) is 3.65. The van der Waals surface area contributed by atoms with E-state index in [1.165, 1.54) is 0 Å². The zero-order valence-corrected chi connectivity index (χ0v) is 5.69. The van der Waals surface area contributed by atoms with Crippen LogP contribution in [0, 0.1) is 0 Å². The summed E-state index contributed by atoms with van der Waals surface area (Å²) in [5.74, 6) is -0.0556. The third kappa shape index (κ3) is 369. The molecule has 48 valence electrons. The van der Waals surface area contributed by atoms with Crippen molar-refractivity contribution in [3.8, 4) is 0 Å². The van der Waals surface area contributed by atoms with Crippen LogP contribution in [-0.2, 0) is 4.79 Å². The van der Waals surface area contributed by atoms with Gasteiger partial charge >= 0.3 is 0 Å². The van der Waals surface area contributed by atoms with Crippen LogP contribution >= 0.6 is 12.6 Å². The predicted molar refractivity (Wildman–Crippen MR) is 37.4 cm³/mol. The number of thiol groups is 1. The van der Waals surface area contributed by atoms with E-state index in [2.05, 4.69) is 19.2 Å². The third-order valence-electron chi connectivity index (χ3n) is 0.129. The lowest BCUT2D eigenvalue weighted by Crippen LogP contribution is -1.78. The van der Waals surface area contributed by atoms with Crippen molar-refractivity contribution in [1.29, 1.82) is 0 Å². The zero-order valence-electron chi connectivity index (χ0n) is 4.79. The molecule has 8 heavy (non-hydrogen) atoms. The third-order valence-corrected chi connectivity index (χ3v) is 0.387. The number of aliphatic carboxylic acids is 1. The topological polar surface area (TPSA) is 37.3 Å². The Balaban J connectivity index is 0. The van der Waals surface area contributed by atoms with E-state index in [0.29, 0.717) is 0 Å². The normalized spacial score (nSPS) is 6.25. The minimum absolute atomic E-state index is 0.778. The van der Waals surface area contributed by atoms with Crippen LogP contribution in [0.5, 0.6) is 0 Å². The highest BCUT2D eigenvalue weighted by molar-refractivity contribution is 7.80. The molecule has 0 atom stereocenters. The fraction of sp³-hybridized carbons (Fsp3) is 0.400. The quantitative estimate of drug-likeness (QED) is 0.417. The summed E-state index contributed by atoms with van der Waals surface area (Å²) in [7, 11) is 0. The Kier molecular flexibility index (Phi) is 12.8. The van der Waals surface area contributed by atoms with Gasteiger partial charge in [0.05, 0.1) is 0 Å². The first-order valence-electron chi connectivity index (χ1n) is 2.06. The van der Waals surface area contributed by atoms with Crippen molar-refractivity contribution < 1.29 is 9.90 Å². The SMILES string of the molecule is C=CCS.CC(=O)O. The summed E-state index contributed by atoms with van der Waals surface area (Å²) in [4.78, 5) is 9.00. The second-order valence-electron chi connectivity index (χ2n) is 0.990. The molecule has 1 N–H and O–H groups in total. The molecule has 0 aromatic rings. The highest BCUT2D eigenvalue weighted by atomic mass is 32.1. The van der Waals surface area contributed by atoms with Gasteiger partial charge in [0.25, 0.3) is 5.97 Å². The van der Waals surface area contributed by atoms with E-state index >= 15 is 0 Å². The summed E-state index contributed by atoms with van der Waals surface area (Å²) in [6, 6.07) is 0. The van der Waals surface area contributed by atoms with Crippen LogP contribution in [0.15, 0.2) is 12.7 Å². The summed E-state index contributed by atoms with van der Waals surface area (Å²) in [5.41, 5.74) is 0. The second kappa shape index (κ2) is 9.75. The fourth-order valence-electron chi connectivity index (χ4n) is 0. The Morgan fingerprint density at radius 1 is 2.00 bits per heavy atom. The summed E-state index contributed by atoms with van der Waals surface area (Å²) in [6.45, 7) is 4.49. The maximum Gasteiger partial charge on any atom is 0.300 e. The zero-order chi connectivity index (χ0) is 6.99. The molecule has 0 aromatic carbocycles. The maximum atomic E-state index is 9.00. The fourth-order valence-corrected chi connectivity index (χ4v) is 0. The number of hydrogen-bond acceptors (Lipinski definition) is 2. The molecule has 0 heterocycles. The molecule has 0 aromatic heterocycles. The Labute approximate surface area is 54.6 Å². The predicted octanol–water partition coefficient (Wildman–Crippen LogP) is 1.19. The molecule has 0 bridgehead atoms. The number of hydrogen-bond donors (Lipinski definition) is 2. The van der Waals surface area contributed by atoms with E-state index < -0.39 is 5.97 Å². The molecular weight excluding hydrogens is 124 g/mol. The van der Waals surface area contributed by atoms with Crippen LogP contribution in [-0.4, -0.2) is 16.8 Å². The van der Waals surface area contributed by atoms with Crippen molar-refractivity contribution >= 4 is 18.6 Å². The molecule has 3 heteroatoms. The van der Waals surface area contributed by atoms with E-state index in [0.717, 1.165) is 12.7 Å². The summed E-state index contributed by atoms with van der Waals surface area (Å²) >= 11 is 3.80. The van der Waals surface area contributed by atoms with E-state index in [1.807, 2.05) is 0 Å². The molecule has 0 radical (unpaired) electrons. The van der Waals surface area contributed by atoms with Gasteiger partial charge in [0.15, 0.2) is 0 Å². The van der Waals surface area contributed by atoms with E-state index in [9.17, 15) is 0 Å². The molecule has 2 nitrogen and oxygen atoms in total. The van der Waals surface area contributed by atoms with Gasteiger partial charge in [0.1, 0.15) is 0 Å². The number of carboxylic acid groups (broad SMARTS) is 1.